The summed E-state index contributed by atoms with van der Waals surface area (Å²) >= 11 is 0. The van der Waals surface area contributed by atoms with Crippen LogP contribution < -0.4 is 0 Å². The van der Waals surface area contributed by atoms with Gasteiger partial charge in [0.1, 0.15) is 11.8 Å². The first-order valence-corrected chi connectivity index (χ1v) is 7.09. The Morgan fingerprint density at radius 2 is 2.10 bits per heavy atom. The molecule has 1 aliphatic heterocycles. The van der Waals surface area contributed by atoms with E-state index in [4.69, 9.17) is 9.47 Å². The maximum Gasteiger partial charge on any atom is 0.410 e. The van der Waals surface area contributed by atoms with Crippen LogP contribution in [0.15, 0.2) is 0 Å². The predicted octanol–water partition coefficient (Wildman–Crippen LogP) is 1.38. The van der Waals surface area contributed by atoms with Crippen molar-refractivity contribution in [1.82, 2.24) is 4.90 Å². The van der Waals surface area contributed by atoms with Gasteiger partial charge in [0.05, 0.1) is 13.7 Å². The Bertz CT molecular complexity index is 408. The van der Waals surface area contributed by atoms with E-state index in [0.717, 1.165) is 6.42 Å². The molecule has 0 N–H and O–H groups in total. The van der Waals surface area contributed by atoms with Crippen molar-refractivity contribution >= 4 is 17.8 Å². The smallest absolute Gasteiger partial charge is 0.410 e. The third-order valence-corrected chi connectivity index (χ3v) is 4.25. The maximum atomic E-state index is 12.0. The molecule has 1 aliphatic carbocycles. The Kier molecular flexibility index (Phi) is 4.62. The molecule has 0 bridgehead atoms. The van der Waals surface area contributed by atoms with Gasteiger partial charge in [0.25, 0.3) is 0 Å². The van der Waals surface area contributed by atoms with Gasteiger partial charge in [0, 0.05) is 19.4 Å². The van der Waals surface area contributed by atoms with E-state index in [1.807, 2.05) is 0 Å². The lowest BCUT2D eigenvalue weighted by Gasteiger charge is -2.43. The molecule has 6 heteroatoms. The van der Waals surface area contributed by atoms with Crippen LogP contribution in [0.1, 0.15) is 32.6 Å². The molecule has 2 fully saturated rings. The number of methoxy groups -OCH3 is 1. The van der Waals surface area contributed by atoms with Crippen LogP contribution in [-0.2, 0) is 19.1 Å². The number of amides is 1. The summed E-state index contributed by atoms with van der Waals surface area (Å²) in [7, 11) is 1.31. The van der Waals surface area contributed by atoms with E-state index in [9.17, 15) is 14.4 Å². The van der Waals surface area contributed by atoms with E-state index in [0.29, 0.717) is 25.8 Å². The zero-order valence-electron chi connectivity index (χ0n) is 12.0. The Balaban J connectivity index is 2.15. The molecular weight excluding hydrogens is 262 g/mol. The lowest BCUT2D eigenvalue weighted by atomic mass is 9.72. The van der Waals surface area contributed by atoms with Gasteiger partial charge >= 0.3 is 12.1 Å². The highest BCUT2D eigenvalue weighted by Gasteiger charge is 2.44. The summed E-state index contributed by atoms with van der Waals surface area (Å²) in [5.74, 6) is 0.291. The number of esters is 1. The summed E-state index contributed by atoms with van der Waals surface area (Å²) in [6.45, 7) is 2.47. The molecule has 0 spiro atoms. The zero-order valence-corrected chi connectivity index (χ0v) is 12.0. The van der Waals surface area contributed by atoms with E-state index < -0.39 is 18.1 Å². The van der Waals surface area contributed by atoms with Crippen LogP contribution in [0.4, 0.5) is 4.79 Å². The van der Waals surface area contributed by atoms with Crippen molar-refractivity contribution in [3.8, 4) is 0 Å². The highest BCUT2D eigenvalue weighted by Crippen LogP contribution is 2.37. The second-order valence-corrected chi connectivity index (χ2v) is 5.43. The number of piperidine rings is 1. The fraction of sp³-hybridized carbons (Fsp3) is 0.786. The van der Waals surface area contributed by atoms with Crippen LogP contribution in [0.3, 0.4) is 0 Å². The molecule has 1 amide bonds. The predicted molar refractivity (Wildman–Crippen MR) is 70.0 cm³/mol. The highest BCUT2D eigenvalue weighted by molar-refractivity contribution is 5.83. The van der Waals surface area contributed by atoms with E-state index in [1.54, 1.807) is 6.92 Å². The normalized spacial score (nSPS) is 29.6. The first-order valence-electron chi connectivity index (χ1n) is 7.09. The molecule has 20 heavy (non-hydrogen) atoms. The Morgan fingerprint density at radius 1 is 1.35 bits per heavy atom. The number of carbonyl (C=O) groups is 3. The van der Waals surface area contributed by atoms with Crippen molar-refractivity contribution in [2.24, 2.45) is 11.8 Å². The highest BCUT2D eigenvalue weighted by atomic mass is 16.6. The average molecular weight is 283 g/mol. The molecule has 0 radical (unpaired) electrons. The molecule has 1 heterocycles. The fourth-order valence-corrected chi connectivity index (χ4v) is 3.23. The summed E-state index contributed by atoms with van der Waals surface area (Å²) in [5, 5.41) is 0. The average Bonchev–Trinajstić information content (AvgIpc) is 2.45. The quantitative estimate of drug-likeness (QED) is 0.716. The molecule has 2 rings (SSSR count). The van der Waals surface area contributed by atoms with Gasteiger partial charge in [-0.15, -0.1) is 0 Å². The summed E-state index contributed by atoms with van der Waals surface area (Å²) in [4.78, 5) is 36.9. The number of hydrogen-bond donors (Lipinski definition) is 0. The molecule has 0 aromatic carbocycles. The molecule has 2 aliphatic rings. The summed E-state index contributed by atoms with van der Waals surface area (Å²) in [5.41, 5.74) is 0. The minimum absolute atomic E-state index is 0.173. The number of fused-ring (bicyclic) bond motifs is 1. The van der Waals surface area contributed by atoms with Crippen LogP contribution in [0, 0.1) is 11.8 Å². The zero-order chi connectivity index (χ0) is 14.7. The lowest BCUT2D eigenvalue weighted by molar-refractivity contribution is -0.153. The van der Waals surface area contributed by atoms with Gasteiger partial charge in [-0.3, -0.25) is 9.69 Å². The standard InChI is InChI=1S/C14H21NO5/c1-3-20-13(17)12-7-10-6-11(16)5-4-9(10)8-15(12)14(18)19-2/h9-10,12H,3-8H2,1-2H3/t9-,10+,12+/m0/s1. The number of nitrogens with zero attached hydrogens (tertiary/aromatic N) is 1. The van der Waals surface area contributed by atoms with Crippen LogP contribution >= 0.6 is 0 Å². The summed E-state index contributed by atoms with van der Waals surface area (Å²) < 4.78 is 9.80. The van der Waals surface area contributed by atoms with Crippen molar-refractivity contribution in [2.75, 3.05) is 20.3 Å². The van der Waals surface area contributed by atoms with Crippen LogP contribution in [-0.4, -0.2) is 49.0 Å². The maximum absolute atomic E-state index is 12.0. The van der Waals surface area contributed by atoms with E-state index in [-0.39, 0.29) is 24.2 Å². The van der Waals surface area contributed by atoms with Crippen molar-refractivity contribution < 1.29 is 23.9 Å². The van der Waals surface area contributed by atoms with Gasteiger partial charge in [-0.1, -0.05) is 0 Å². The van der Waals surface area contributed by atoms with Crippen LogP contribution in [0.2, 0.25) is 0 Å². The fourth-order valence-electron chi connectivity index (χ4n) is 3.23. The number of likely N-dealkylation sites (tertiary alicyclic amines) is 1. The van der Waals surface area contributed by atoms with Crippen LogP contribution in [0.5, 0.6) is 0 Å². The molecule has 0 unspecified atom stereocenters. The largest absolute Gasteiger partial charge is 0.464 e. The number of rotatable bonds is 2. The van der Waals surface area contributed by atoms with Crippen LogP contribution in [0.25, 0.3) is 0 Å². The monoisotopic (exact) mass is 283 g/mol. The molecule has 1 saturated carbocycles. The third kappa shape index (κ3) is 2.94. The first-order chi connectivity index (χ1) is 9.56. The van der Waals surface area contributed by atoms with Gasteiger partial charge in [0.2, 0.25) is 0 Å². The second kappa shape index (κ2) is 6.24. The topological polar surface area (TPSA) is 72.9 Å². The Labute approximate surface area is 118 Å². The molecular formula is C14H21NO5. The first kappa shape index (κ1) is 14.8. The van der Waals surface area contributed by atoms with E-state index in [2.05, 4.69) is 0 Å². The van der Waals surface area contributed by atoms with E-state index in [1.165, 1.54) is 12.0 Å². The SMILES string of the molecule is CCOC(=O)[C@H]1C[C@H]2CC(=O)CC[C@H]2CN1C(=O)OC. The van der Waals surface area contributed by atoms with Gasteiger partial charge in [0.15, 0.2) is 0 Å². The van der Waals surface area contributed by atoms with Crippen molar-refractivity contribution in [3.63, 3.8) is 0 Å². The number of ketones is 1. The minimum Gasteiger partial charge on any atom is -0.464 e. The van der Waals surface area contributed by atoms with Crippen molar-refractivity contribution in [2.45, 2.75) is 38.6 Å². The van der Waals surface area contributed by atoms with Gasteiger partial charge < -0.3 is 9.47 Å². The third-order valence-electron chi connectivity index (χ3n) is 4.25. The molecule has 0 aromatic heterocycles. The number of Topliss-reactive ketones (excluding diaryl/α,β-unsaturated/α-hetero) is 1. The summed E-state index contributed by atoms with van der Waals surface area (Å²) in [6.07, 6.45) is 1.85. The molecule has 1 saturated heterocycles. The second-order valence-electron chi connectivity index (χ2n) is 5.43. The van der Waals surface area contributed by atoms with Gasteiger partial charge in [-0.05, 0) is 31.6 Å². The number of hydrogen-bond acceptors (Lipinski definition) is 5. The van der Waals surface area contributed by atoms with Gasteiger partial charge in [-0.25, -0.2) is 9.59 Å². The Morgan fingerprint density at radius 3 is 2.75 bits per heavy atom. The molecule has 0 aromatic rings. The Hall–Kier alpha value is -1.59. The molecule has 112 valence electrons. The molecule has 6 nitrogen and oxygen atoms in total. The van der Waals surface area contributed by atoms with Crippen molar-refractivity contribution in [1.29, 1.82) is 0 Å². The van der Waals surface area contributed by atoms with E-state index >= 15 is 0 Å². The lowest BCUT2D eigenvalue weighted by Crippen LogP contribution is -2.55. The van der Waals surface area contributed by atoms with Crippen molar-refractivity contribution in [3.05, 3.63) is 0 Å². The summed E-state index contributed by atoms with van der Waals surface area (Å²) in [6, 6.07) is -0.630. The number of carbonyl (C=O) groups excluding carboxylic acids is 3. The minimum atomic E-state index is -0.630. The number of ether oxygens (including phenoxy) is 2. The van der Waals surface area contributed by atoms with Gasteiger partial charge in [-0.2, -0.15) is 0 Å². The molecule has 3 atom stereocenters.